The molecule has 0 atom stereocenters. The lowest BCUT2D eigenvalue weighted by Crippen LogP contribution is -2.37. The van der Waals surface area contributed by atoms with Gasteiger partial charge in [0, 0.05) is 19.2 Å². The summed E-state index contributed by atoms with van der Waals surface area (Å²) in [5.74, 6) is 2.01. The number of hydrogen-bond donors (Lipinski definition) is 2. The standard InChI is InChI=1S/C13H24N4O.HI/c1-5-7-15-13(14-6-2)16-9-11-8-12(10(3)4)17-18-11;/h8,10H,5-7,9H2,1-4H3,(H2,14,15,16);1H. The number of aliphatic imine (C=N–C) groups is 1. The van der Waals surface area contributed by atoms with Gasteiger partial charge in [-0.3, -0.25) is 0 Å². The third kappa shape index (κ3) is 6.79. The molecule has 0 aliphatic carbocycles. The quantitative estimate of drug-likeness (QED) is 0.453. The number of aromatic nitrogens is 1. The summed E-state index contributed by atoms with van der Waals surface area (Å²) in [6.45, 7) is 10.6. The van der Waals surface area contributed by atoms with Crippen LogP contribution in [0.4, 0.5) is 0 Å². The van der Waals surface area contributed by atoms with Gasteiger partial charge in [0.05, 0.1) is 5.69 Å². The molecule has 1 aromatic rings. The number of hydrogen-bond acceptors (Lipinski definition) is 3. The molecule has 0 spiro atoms. The summed E-state index contributed by atoms with van der Waals surface area (Å²) in [5, 5.41) is 10.5. The molecule has 0 amide bonds. The molecule has 1 aromatic heterocycles. The summed E-state index contributed by atoms with van der Waals surface area (Å²) in [6, 6.07) is 1.97. The minimum Gasteiger partial charge on any atom is -0.359 e. The summed E-state index contributed by atoms with van der Waals surface area (Å²) in [4.78, 5) is 4.45. The maximum absolute atomic E-state index is 5.25. The highest BCUT2D eigenvalue weighted by molar-refractivity contribution is 14.0. The molecule has 19 heavy (non-hydrogen) atoms. The van der Waals surface area contributed by atoms with E-state index in [4.69, 9.17) is 4.52 Å². The van der Waals surface area contributed by atoms with Gasteiger partial charge in [-0.2, -0.15) is 0 Å². The van der Waals surface area contributed by atoms with Gasteiger partial charge in [0.1, 0.15) is 6.54 Å². The second-order valence-corrected chi connectivity index (χ2v) is 4.49. The van der Waals surface area contributed by atoms with Crippen LogP contribution < -0.4 is 10.6 Å². The SMILES string of the molecule is CCCNC(=NCc1cc(C(C)C)no1)NCC.I. The molecule has 0 aliphatic rings. The summed E-state index contributed by atoms with van der Waals surface area (Å²) < 4.78 is 5.25. The summed E-state index contributed by atoms with van der Waals surface area (Å²) in [7, 11) is 0. The largest absolute Gasteiger partial charge is 0.359 e. The number of nitrogens with one attached hydrogen (secondary N) is 2. The lowest BCUT2D eigenvalue weighted by atomic mass is 10.1. The summed E-state index contributed by atoms with van der Waals surface area (Å²) in [5.41, 5.74) is 0.978. The fraction of sp³-hybridized carbons (Fsp3) is 0.692. The first-order valence-electron chi connectivity index (χ1n) is 6.65. The van der Waals surface area contributed by atoms with Crippen molar-refractivity contribution in [3.63, 3.8) is 0 Å². The Bertz CT molecular complexity index is 376. The van der Waals surface area contributed by atoms with Crippen molar-refractivity contribution in [3.8, 4) is 0 Å². The summed E-state index contributed by atoms with van der Waals surface area (Å²) in [6.07, 6.45) is 1.07. The van der Waals surface area contributed by atoms with E-state index in [-0.39, 0.29) is 24.0 Å². The monoisotopic (exact) mass is 380 g/mol. The third-order valence-corrected chi connectivity index (χ3v) is 2.45. The maximum Gasteiger partial charge on any atom is 0.191 e. The average Bonchev–Trinajstić information content (AvgIpc) is 2.81. The van der Waals surface area contributed by atoms with Gasteiger partial charge in [0.15, 0.2) is 11.7 Å². The predicted molar refractivity (Wildman–Crippen MR) is 89.1 cm³/mol. The van der Waals surface area contributed by atoms with E-state index in [2.05, 4.69) is 48.5 Å². The summed E-state index contributed by atoms with van der Waals surface area (Å²) >= 11 is 0. The lowest BCUT2D eigenvalue weighted by Gasteiger charge is -2.09. The zero-order valence-corrected chi connectivity index (χ0v) is 14.5. The fourth-order valence-corrected chi connectivity index (χ4v) is 1.42. The van der Waals surface area contributed by atoms with Crippen LogP contribution in [0, 0.1) is 0 Å². The van der Waals surface area contributed by atoms with Gasteiger partial charge in [-0.15, -0.1) is 24.0 Å². The molecule has 0 aromatic carbocycles. The Morgan fingerprint density at radius 2 is 2.11 bits per heavy atom. The maximum atomic E-state index is 5.25. The normalized spacial score (nSPS) is 11.3. The number of rotatable bonds is 6. The van der Waals surface area contributed by atoms with Gasteiger partial charge in [-0.1, -0.05) is 25.9 Å². The average molecular weight is 380 g/mol. The fourth-order valence-electron chi connectivity index (χ4n) is 1.42. The van der Waals surface area contributed by atoms with E-state index in [1.807, 2.05) is 6.07 Å². The molecule has 0 saturated heterocycles. The van der Waals surface area contributed by atoms with Gasteiger partial charge in [0.2, 0.25) is 0 Å². The Labute approximate surface area is 132 Å². The highest BCUT2D eigenvalue weighted by Gasteiger charge is 2.07. The molecule has 2 N–H and O–H groups in total. The van der Waals surface area contributed by atoms with E-state index in [9.17, 15) is 0 Å². The molecule has 0 unspecified atom stereocenters. The first kappa shape index (κ1) is 18.2. The van der Waals surface area contributed by atoms with Gasteiger partial charge in [0.25, 0.3) is 0 Å². The Kier molecular flexibility index (Phi) is 9.63. The first-order valence-corrected chi connectivity index (χ1v) is 6.65. The van der Waals surface area contributed by atoms with Crippen LogP contribution >= 0.6 is 24.0 Å². The molecule has 1 rings (SSSR count). The zero-order valence-electron chi connectivity index (χ0n) is 12.2. The molecule has 1 heterocycles. The third-order valence-electron chi connectivity index (χ3n) is 2.45. The number of halogens is 1. The van der Waals surface area contributed by atoms with Crippen molar-refractivity contribution in [2.24, 2.45) is 4.99 Å². The highest BCUT2D eigenvalue weighted by Crippen LogP contribution is 2.14. The van der Waals surface area contributed by atoms with Crippen LogP contribution in [0.5, 0.6) is 0 Å². The number of nitrogens with zero attached hydrogens (tertiary/aromatic N) is 2. The van der Waals surface area contributed by atoms with E-state index in [0.717, 1.165) is 36.9 Å². The molecular weight excluding hydrogens is 355 g/mol. The molecule has 0 aliphatic heterocycles. The Morgan fingerprint density at radius 1 is 1.37 bits per heavy atom. The molecule has 5 nitrogen and oxygen atoms in total. The minimum absolute atomic E-state index is 0. The van der Waals surface area contributed by atoms with E-state index in [1.54, 1.807) is 0 Å². The van der Waals surface area contributed by atoms with Crippen LogP contribution in [0.25, 0.3) is 0 Å². The van der Waals surface area contributed by atoms with Gasteiger partial charge in [-0.25, -0.2) is 4.99 Å². The second kappa shape index (κ2) is 10.1. The number of guanidine groups is 1. The Morgan fingerprint density at radius 3 is 2.63 bits per heavy atom. The van der Waals surface area contributed by atoms with Crippen molar-refractivity contribution in [1.29, 1.82) is 0 Å². The first-order chi connectivity index (χ1) is 8.67. The van der Waals surface area contributed by atoms with E-state index < -0.39 is 0 Å². The van der Waals surface area contributed by atoms with Crippen molar-refractivity contribution >= 4 is 29.9 Å². The highest BCUT2D eigenvalue weighted by atomic mass is 127. The van der Waals surface area contributed by atoms with Crippen molar-refractivity contribution < 1.29 is 4.52 Å². The topological polar surface area (TPSA) is 62.5 Å². The molecular formula is C13H25IN4O. The lowest BCUT2D eigenvalue weighted by molar-refractivity contribution is 0.376. The van der Waals surface area contributed by atoms with Crippen LogP contribution in [0.2, 0.25) is 0 Å². The second-order valence-electron chi connectivity index (χ2n) is 4.49. The van der Waals surface area contributed by atoms with Crippen LogP contribution in [0.1, 0.15) is 51.5 Å². The minimum atomic E-state index is 0. The van der Waals surface area contributed by atoms with Crippen LogP contribution in [0.15, 0.2) is 15.6 Å². The smallest absolute Gasteiger partial charge is 0.191 e. The van der Waals surface area contributed by atoms with Crippen molar-refractivity contribution in [3.05, 3.63) is 17.5 Å². The van der Waals surface area contributed by atoms with Crippen LogP contribution in [-0.2, 0) is 6.54 Å². The van der Waals surface area contributed by atoms with Crippen LogP contribution in [-0.4, -0.2) is 24.2 Å². The molecule has 0 fully saturated rings. The van der Waals surface area contributed by atoms with Crippen molar-refractivity contribution in [2.45, 2.75) is 46.6 Å². The van der Waals surface area contributed by atoms with E-state index in [0.29, 0.717) is 12.5 Å². The molecule has 0 saturated carbocycles. The Balaban J connectivity index is 0.00000324. The van der Waals surface area contributed by atoms with Crippen LogP contribution in [0.3, 0.4) is 0 Å². The Hall–Kier alpha value is -0.790. The van der Waals surface area contributed by atoms with E-state index in [1.165, 1.54) is 0 Å². The van der Waals surface area contributed by atoms with Crippen molar-refractivity contribution in [1.82, 2.24) is 15.8 Å². The molecule has 110 valence electrons. The molecule has 6 heteroatoms. The van der Waals surface area contributed by atoms with Gasteiger partial charge in [-0.05, 0) is 19.3 Å². The zero-order chi connectivity index (χ0) is 13.4. The molecule has 0 bridgehead atoms. The van der Waals surface area contributed by atoms with Crippen molar-refractivity contribution in [2.75, 3.05) is 13.1 Å². The predicted octanol–water partition coefficient (Wildman–Crippen LogP) is 2.88. The van der Waals surface area contributed by atoms with Gasteiger partial charge < -0.3 is 15.2 Å². The molecule has 0 radical (unpaired) electrons. The van der Waals surface area contributed by atoms with E-state index >= 15 is 0 Å². The van der Waals surface area contributed by atoms with Gasteiger partial charge >= 0.3 is 0 Å².